The van der Waals surface area contributed by atoms with Crippen molar-refractivity contribution in [1.29, 1.82) is 5.26 Å². The average Bonchev–Trinajstić information content (AvgIpc) is 2.84. The molecule has 0 saturated carbocycles. The van der Waals surface area contributed by atoms with Crippen LogP contribution in [0.4, 0.5) is 10.1 Å². The number of halogens is 1. The summed E-state index contributed by atoms with van der Waals surface area (Å²) in [5.41, 5.74) is 0.728. The molecular formula is C12H11FN4. The monoisotopic (exact) mass is 230 g/mol. The Labute approximate surface area is 98.3 Å². The van der Waals surface area contributed by atoms with Crippen LogP contribution in [0.25, 0.3) is 0 Å². The van der Waals surface area contributed by atoms with Crippen LogP contribution in [0.5, 0.6) is 0 Å². The zero-order valence-corrected chi connectivity index (χ0v) is 9.10. The van der Waals surface area contributed by atoms with Crippen molar-refractivity contribution < 1.29 is 4.39 Å². The van der Waals surface area contributed by atoms with Crippen molar-refractivity contribution in [2.75, 3.05) is 11.9 Å². The van der Waals surface area contributed by atoms with Crippen LogP contribution in [0.3, 0.4) is 0 Å². The maximum atomic E-state index is 13.5. The van der Waals surface area contributed by atoms with E-state index in [4.69, 9.17) is 5.26 Å². The van der Waals surface area contributed by atoms with E-state index in [-0.39, 0.29) is 0 Å². The number of aromatic nitrogens is 2. The van der Waals surface area contributed by atoms with E-state index in [9.17, 15) is 4.39 Å². The van der Waals surface area contributed by atoms with Crippen molar-refractivity contribution in [3.05, 3.63) is 48.3 Å². The summed E-state index contributed by atoms with van der Waals surface area (Å²) in [5, 5.41) is 11.6. The number of nitrogens with one attached hydrogen (secondary N) is 1. The standard InChI is InChI=1S/C12H11FN4/c13-11-7-10(8-14)1-2-12(11)16-4-6-17-5-3-15-9-17/h1-3,5,7,9,16H,4,6H2. The fourth-order valence-electron chi connectivity index (χ4n) is 1.47. The molecule has 4 nitrogen and oxygen atoms in total. The van der Waals surface area contributed by atoms with E-state index in [0.29, 0.717) is 24.3 Å². The first-order valence-electron chi connectivity index (χ1n) is 5.19. The van der Waals surface area contributed by atoms with E-state index in [1.165, 1.54) is 6.07 Å². The van der Waals surface area contributed by atoms with Crippen molar-refractivity contribution >= 4 is 5.69 Å². The van der Waals surface area contributed by atoms with Gasteiger partial charge in [0.25, 0.3) is 0 Å². The highest BCUT2D eigenvalue weighted by molar-refractivity contribution is 5.48. The third kappa shape index (κ3) is 2.82. The first-order chi connectivity index (χ1) is 8.29. The summed E-state index contributed by atoms with van der Waals surface area (Å²) in [5.74, 6) is -0.408. The molecule has 0 radical (unpaired) electrons. The van der Waals surface area contributed by atoms with Crippen molar-refractivity contribution in [1.82, 2.24) is 9.55 Å². The van der Waals surface area contributed by atoms with Crippen LogP contribution < -0.4 is 5.32 Å². The lowest BCUT2D eigenvalue weighted by Crippen LogP contribution is -2.10. The highest BCUT2D eigenvalue weighted by Crippen LogP contribution is 2.14. The molecular weight excluding hydrogens is 219 g/mol. The molecule has 0 unspecified atom stereocenters. The summed E-state index contributed by atoms with van der Waals surface area (Å²) in [6.45, 7) is 1.30. The van der Waals surface area contributed by atoms with Crippen LogP contribution in [0, 0.1) is 17.1 Å². The summed E-state index contributed by atoms with van der Waals surface area (Å²) in [6, 6.07) is 6.27. The number of benzene rings is 1. The number of anilines is 1. The van der Waals surface area contributed by atoms with Crippen LogP contribution in [0.2, 0.25) is 0 Å². The molecule has 1 aromatic carbocycles. The summed E-state index contributed by atoms with van der Waals surface area (Å²) in [6.07, 6.45) is 5.25. The average molecular weight is 230 g/mol. The Bertz CT molecular complexity index is 528. The topological polar surface area (TPSA) is 53.6 Å². The van der Waals surface area contributed by atoms with Gasteiger partial charge in [-0.3, -0.25) is 0 Å². The predicted molar refractivity (Wildman–Crippen MR) is 61.8 cm³/mol. The normalized spacial score (nSPS) is 9.88. The molecule has 0 saturated heterocycles. The Balaban J connectivity index is 1.93. The van der Waals surface area contributed by atoms with Crippen LogP contribution in [0.15, 0.2) is 36.9 Å². The van der Waals surface area contributed by atoms with Gasteiger partial charge in [-0.25, -0.2) is 9.37 Å². The second-order valence-electron chi connectivity index (χ2n) is 3.53. The number of hydrogen-bond donors (Lipinski definition) is 1. The Morgan fingerprint density at radius 1 is 1.47 bits per heavy atom. The van der Waals surface area contributed by atoms with Crippen molar-refractivity contribution in [3.8, 4) is 6.07 Å². The van der Waals surface area contributed by atoms with E-state index >= 15 is 0 Å². The van der Waals surface area contributed by atoms with Crippen LogP contribution in [0.1, 0.15) is 5.56 Å². The molecule has 5 heteroatoms. The van der Waals surface area contributed by atoms with Gasteiger partial charge in [0, 0.05) is 25.5 Å². The van der Waals surface area contributed by atoms with Gasteiger partial charge in [-0.1, -0.05) is 0 Å². The van der Waals surface area contributed by atoms with E-state index in [2.05, 4.69) is 10.3 Å². The van der Waals surface area contributed by atoms with Crippen LogP contribution in [-0.2, 0) is 6.54 Å². The molecule has 0 aliphatic heterocycles. The molecule has 1 aromatic heterocycles. The molecule has 0 aliphatic rings. The van der Waals surface area contributed by atoms with E-state index in [1.807, 2.05) is 16.8 Å². The van der Waals surface area contributed by atoms with Gasteiger partial charge in [-0.2, -0.15) is 5.26 Å². The Morgan fingerprint density at radius 3 is 3.00 bits per heavy atom. The molecule has 1 heterocycles. The van der Waals surface area contributed by atoms with Gasteiger partial charge in [0.1, 0.15) is 5.82 Å². The van der Waals surface area contributed by atoms with Crippen LogP contribution >= 0.6 is 0 Å². The lowest BCUT2D eigenvalue weighted by molar-refractivity contribution is 0.627. The molecule has 0 bridgehead atoms. The Kier molecular flexibility index (Phi) is 3.36. The molecule has 2 rings (SSSR count). The Morgan fingerprint density at radius 2 is 2.35 bits per heavy atom. The molecule has 0 fully saturated rings. The number of rotatable bonds is 4. The summed E-state index contributed by atoms with van der Waals surface area (Å²) < 4.78 is 15.4. The third-order valence-corrected chi connectivity index (χ3v) is 2.34. The van der Waals surface area contributed by atoms with Crippen molar-refractivity contribution in [2.24, 2.45) is 0 Å². The largest absolute Gasteiger partial charge is 0.381 e. The van der Waals surface area contributed by atoms with E-state index < -0.39 is 5.82 Å². The molecule has 0 spiro atoms. The summed E-state index contributed by atoms with van der Waals surface area (Å²) in [7, 11) is 0. The first kappa shape index (κ1) is 11.1. The highest BCUT2D eigenvalue weighted by Gasteiger charge is 2.02. The fourth-order valence-corrected chi connectivity index (χ4v) is 1.47. The predicted octanol–water partition coefficient (Wildman–Crippen LogP) is 2.01. The summed E-state index contributed by atoms with van der Waals surface area (Å²) in [4.78, 5) is 3.91. The second kappa shape index (κ2) is 5.12. The third-order valence-electron chi connectivity index (χ3n) is 2.34. The lowest BCUT2D eigenvalue weighted by Gasteiger charge is -2.07. The zero-order chi connectivity index (χ0) is 12.1. The van der Waals surface area contributed by atoms with Gasteiger partial charge in [-0.15, -0.1) is 0 Å². The highest BCUT2D eigenvalue weighted by atomic mass is 19.1. The number of nitrogens with zero attached hydrogens (tertiary/aromatic N) is 3. The van der Waals surface area contributed by atoms with E-state index in [1.54, 1.807) is 24.7 Å². The maximum Gasteiger partial charge on any atom is 0.147 e. The molecule has 0 aliphatic carbocycles. The van der Waals surface area contributed by atoms with Crippen molar-refractivity contribution in [3.63, 3.8) is 0 Å². The number of hydrogen-bond acceptors (Lipinski definition) is 3. The van der Waals surface area contributed by atoms with Gasteiger partial charge in [0.05, 0.1) is 23.6 Å². The minimum atomic E-state index is -0.408. The molecule has 17 heavy (non-hydrogen) atoms. The minimum absolute atomic E-state index is 0.322. The SMILES string of the molecule is N#Cc1ccc(NCCn2ccnc2)c(F)c1. The van der Waals surface area contributed by atoms with E-state index in [0.717, 1.165) is 0 Å². The van der Waals surface area contributed by atoms with Gasteiger partial charge < -0.3 is 9.88 Å². The second-order valence-corrected chi connectivity index (χ2v) is 3.53. The van der Waals surface area contributed by atoms with Gasteiger partial charge >= 0.3 is 0 Å². The minimum Gasteiger partial charge on any atom is -0.381 e. The van der Waals surface area contributed by atoms with Crippen LogP contribution in [-0.4, -0.2) is 16.1 Å². The van der Waals surface area contributed by atoms with Crippen molar-refractivity contribution in [2.45, 2.75) is 6.54 Å². The fraction of sp³-hybridized carbons (Fsp3) is 0.167. The van der Waals surface area contributed by atoms with Gasteiger partial charge in [0.2, 0.25) is 0 Å². The lowest BCUT2D eigenvalue weighted by atomic mass is 10.2. The molecule has 86 valence electrons. The first-order valence-corrected chi connectivity index (χ1v) is 5.19. The molecule has 1 N–H and O–H groups in total. The summed E-state index contributed by atoms with van der Waals surface area (Å²) >= 11 is 0. The quantitative estimate of drug-likeness (QED) is 0.874. The smallest absolute Gasteiger partial charge is 0.147 e. The zero-order valence-electron chi connectivity index (χ0n) is 9.10. The Hall–Kier alpha value is -2.35. The molecule has 0 atom stereocenters. The number of imidazole rings is 1. The maximum absolute atomic E-state index is 13.5. The van der Waals surface area contributed by atoms with Gasteiger partial charge in [-0.05, 0) is 18.2 Å². The number of nitriles is 1. The molecule has 2 aromatic rings. The van der Waals surface area contributed by atoms with Gasteiger partial charge in [0.15, 0.2) is 0 Å². The molecule has 0 amide bonds.